The van der Waals surface area contributed by atoms with Crippen molar-refractivity contribution in [2.24, 2.45) is 0 Å². The van der Waals surface area contributed by atoms with Crippen molar-refractivity contribution in [3.05, 3.63) is 51.6 Å². The van der Waals surface area contributed by atoms with Crippen molar-refractivity contribution in [3.63, 3.8) is 0 Å². The molecule has 0 saturated heterocycles. The third-order valence-corrected chi connectivity index (χ3v) is 4.94. The molecule has 1 aliphatic carbocycles. The topological polar surface area (TPSA) is 122 Å². The van der Waals surface area contributed by atoms with Gasteiger partial charge in [0.1, 0.15) is 5.75 Å². The zero-order valence-electron chi connectivity index (χ0n) is 17.0. The molecule has 0 heterocycles. The van der Waals surface area contributed by atoms with Crippen LogP contribution in [0.4, 0.5) is 5.69 Å². The van der Waals surface area contributed by atoms with E-state index < -0.39 is 11.9 Å². The summed E-state index contributed by atoms with van der Waals surface area (Å²) in [5, 5.41) is 21.2. The lowest BCUT2D eigenvalue weighted by atomic mass is 10.0. The van der Waals surface area contributed by atoms with Crippen LogP contribution in [0.1, 0.15) is 32.6 Å². The quantitative estimate of drug-likeness (QED) is 0.522. The number of Topliss-reactive ketones (excluding diaryl/α,β-unsaturated/α-hetero) is 1. The second kappa shape index (κ2) is 7.90. The molecule has 8 heteroatoms. The molecule has 0 bridgehead atoms. The van der Waals surface area contributed by atoms with E-state index in [-0.39, 0.29) is 40.7 Å². The lowest BCUT2D eigenvalue weighted by Gasteiger charge is -2.16. The number of rotatable bonds is 4. The number of amides is 1. The van der Waals surface area contributed by atoms with E-state index in [9.17, 15) is 19.5 Å². The molecular weight excluding hydrogens is 390 g/mol. The maximum absolute atomic E-state index is 13.2. The van der Waals surface area contributed by atoms with Gasteiger partial charge in [0.15, 0.2) is 17.3 Å². The number of carboxylic acid groups (broad SMARTS) is 1. The first-order chi connectivity index (χ1) is 14.2. The van der Waals surface area contributed by atoms with Gasteiger partial charge in [0.25, 0.3) is 0 Å². The first kappa shape index (κ1) is 20.9. The van der Waals surface area contributed by atoms with E-state index in [1.807, 2.05) is 0 Å². The van der Waals surface area contributed by atoms with Crippen LogP contribution < -0.4 is 14.8 Å². The number of hydrogen-bond donors (Lipinski definition) is 3. The third-order valence-electron chi connectivity index (χ3n) is 4.94. The normalized spacial score (nSPS) is 13.9. The van der Waals surface area contributed by atoms with Crippen molar-refractivity contribution in [1.82, 2.24) is 0 Å². The van der Waals surface area contributed by atoms with Crippen molar-refractivity contribution in [1.29, 1.82) is 0 Å². The molecule has 2 aromatic carbocycles. The molecule has 0 unspecified atom stereocenters. The highest BCUT2D eigenvalue weighted by atomic mass is 16.5. The number of carbonyl (C=O) groups excluding carboxylic acids is 2. The minimum absolute atomic E-state index is 0.0364. The zero-order chi connectivity index (χ0) is 22.2. The van der Waals surface area contributed by atoms with Crippen molar-refractivity contribution >= 4 is 29.4 Å². The molecule has 0 spiro atoms. The molecule has 1 amide bonds. The number of fused-ring (bicyclic) bond motifs is 1. The fraction of sp³-hybridized carbons (Fsp3) is 0.227. The highest BCUT2D eigenvalue weighted by Crippen LogP contribution is 2.45. The Morgan fingerprint density at radius 2 is 1.73 bits per heavy atom. The number of methoxy groups -OCH3 is 2. The fourth-order valence-corrected chi connectivity index (χ4v) is 3.57. The van der Waals surface area contributed by atoms with Gasteiger partial charge in [0.2, 0.25) is 0 Å². The van der Waals surface area contributed by atoms with E-state index in [1.165, 1.54) is 14.2 Å². The molecule has 2 aromatic rings. The lowest BCUT2D eigenvalue weighted by Crippen LogP contribution is -2.23. The van der Waals surface area contributed by atoms with Gasteiger partial charge < -0.3 is 25.0 Å². The summed E-state index contributed by atoms with van der Waals surface area (Å²) in [5.74, 6) is -2.80. The lowest BCUT2D eigenvalue weighted by molar-refractivity contribution is -0.147. The molecule has 0 radical (unpaired) electrons. The SMILES string of the molecule is COc1cc2c(c(NC(=O)C(=O)O)c1OC)C(=O)C(=Cc1cc(C)c(O)c(C)c1)C2. The van der Waals surface area contributed by atoms with E-state index >= 15 is 0 Å². The van der Waals surface area contributed by atoms with Crippen molar-refractivity contribution in [3.8, 4) is 17.2 Å². The predicted molar refractivity (Wildman–Crippen MR) is 109 cm³/mol. The Bertz CT molecular complexity index is 1090. The van der Waals surface area contributed by atoms with Crippen LogP contribution in [0.2, 0.25) is 0 Å². The number of carboxylic acids is 1. The Morgan fingerprint density at radius 3 is 2.27 bits per heavy atom. The number of allylic oxidation sites excluding steroid dienone is 1. The third kappa shape index (κ3) is 3.59. The molecule has 0 atom stereocenters. The van der Waals surface area contributed by atoms with Gasteiger partial charge >= 0.3 is 11.9 Å². The van der Waals surface area contributed by atoms with Crippen LogP contribution in [-0.4, -0.2) is 42.1 Å². The van der Waals surface area contributed by atoms with E-state index in [0.717, 1.165) is 5.56 Å². The molecule has 30 heavy (non-hydrogen) atoms. The second-order valence-corrected chi connectivity index (χ2v) is 6.96. The number of phenols is 1. The number of nitrogens with one attached hydrogen (secondary N) is 1. The summed E-state index contributed by atoms with van der Waals surface area (Å²) in [4.78, 5) is 36.0. The van der Waals surface area contributed by atoms with E-state index in [0.29, 0.717) is 22.3 Å². The molecule has 1 aliphatic rings. The van der Waals surface area contributed by atoms with Crippen LogP contribution >= 0.6 is 0 Å². The summed E-state index contributed by atoms with van der Waals surface area (Å²) >= 11 is 0. The minimum atomic E-state index is -1.69. The van der Waals surface area contributed by atoms with Gasteiger partial charge in [-0.25, -0.2) is 4.79 Å². The largest absolute Gasteiger partial charge is 0.507 e. The average Bonchev–Trinajstić information content (AvgIpc) is 3.00. The number of ketones is 1. The Kier molecular flexibility index (Phi) is 5.51. The molecule has 0 saturated carbocycles. The second-order valence-electron chi connectivity index (χ2n) is 6.96. The van der Waals surface area contributed by atoms with Gasteiger partial charge in [-0.15, -0.1) is 0 Å². The number of aromatic hydroxyl groups is 1. The number of ether oxygens (including phenoxy) is 2. The summed E-state index contributed by atoms with van der Waals surface area (Å²) in [5.41, 5.74) is 3.28. The van der Waals surface area contributed by atoms with E-state index in [1.54, 1.807) is 38.1 Å². The number of benzene rings is 2. The van der Waals surface area contributed by atoms with Gasteiger partial charge in [-0.3, -0.25) is 9.59 Å². The van der Waals surface area contributed by atoms with Gasteiger partial charge in [-0.2, -0.15) is 0 Å². The summed E-state index contributed by atoms with van der Waals surface area (Å²) in [6.45, 7) is 3.54. The average molecular weight is 411 g/mol. The standard InChI is InChI=1S/C22H21NO7/c1-10-5-12(6-11(2)18(10)24)7-14-8-13-9-15(29-3)20(30-4)17(16(13)19(14)25)23-21(26)22(27)28/h5-7,9,24H,8H2,1-4H3,(H,23,26)(H,27,28). The summed E-state index contributed by atoms with van der Waals surface area (Å²) in [6.07, 6.45) is 1.98. The maximum atomic E-state index is 13.2. The molecule has 3 N–H and O–H groups in total. The molecule has 0 fully saturated rings. The van der Waals surface area contributed by atoms with Crippen LogP contribution in [-0.2, 0) is 16.0 Å². The van der Waals surface area contributed by atoms with Crippen molar-refractivity contribution < 1.29 is 34.1 Å². The van der Waals surface area contributed by atoms with E-state index in [4.69, 9.17) is 14.6 Å². The van der Waals surface area contributed by atoms with Gasteiger partial charge in [0.05, 0.1) is 25.5 Å². The number of carbonyl (C=O) groups is 3. The summed E-state index contributed by atoms with van der Waals surface area (Å²) < 4.78 is 10.6. The Balaban J connectivity index is 2.13. The van der Waals surface area contributed by atoms with Crippen LogP contribution in [0.3, 0.4) is 0 Å². The minimum Gasteiger partial charge on any atom is -0.507 e. The molecular formula is C22H21NO7. The summed E-state index contributed by atoms with van der Waals surface area (Å²) in [7, 11) is 2.74. The van der Waals surface area contributed by atoms with Crippen molar-refractivity contribution in [2.75, 3.05) is 19.5 Å². The fourth-order valence-electron chi connectivity index (χ4n) is 3.57. The first-order valence-electron chi connectivity index (χ1n) is 9.05. The number of aliphatic carboxylic acids is 1. The van der Waals surface area contributed by atoms with Gasteiger partial charge in [-0.1, -0.05) is 0 Å². The number of aryl methyl sites for hydroxylation is 2. The van der Waals surface area contributed by atoms with Crippen LogP contribution in [0, 0.1) is 13.8 Å². The molecule has 0 aliphatic heterocycles. The van der Waals surface area contributed by atoms with E-state index in [2.05, 4.69) is 5.32 Å². The summed E-state index contributed by atoms with van der Waals surface area (Å²) in [6, 6.07) is 5.16. The van der Waals surface area contributed by atoms with Gasteiger partial charge in [-0.05, 0) is 60.4 Å². The van der Waals surface area contributed by atoms with Crippen LogP contribution in [0.5, 0.6) is 17.2 Å². The molecule has 0 aromatic heterocycles. The number of anilines is 1. The molecule has 156 valence electrons. The molecule has 3 rings (SSSR count). The number of phenolic OH excluding ortho intramolecular Hbond substituents is 1. The molecule has 8 nitrogen and oxygen atoms in total. The maximum Gasteiger partial charge on any atom is 0.394 e. The Hall–Kier alpha value is -3.81. The zero-order valence-corrected chi connectivity index (χ0v) is 17.0. The Labute approximate surface area is 172 Å². The van der Waals surface area contributed by atoms with Gasteiger partial charge in [0, 0.05) is 12.0 Å². The first-order valence-corrected chi connectivity index (χ1v) is 9.05. The highest BCUT2D eigenvalue weighted by molar-refractivity contribution is 6.37. The van der Waals surface area contributed by atoms with Crippen LogP contribution in [0.15, 0.2) is 23.8 Å². The smallest absolute Gasteiger partial charge is 0.394 e. The van der Waals surface area contributed by atoms with Crippen LogP contribution in [0.25, 0.3) is 6.08 Å². The highest BCUT2D eigenvalue weighted by Gasteiger charge is 2.33. The van der Waals surface area contributed by atoms with Crippen molar-refractivity contribution in [2.45, 2.75) is 20.3 Å². The monoisotopic (exact) mass is 411 g/mol. The predicted octanol–water partition coefficient (Wildman–Crippen LogP) is 2.87. The number of hydrogen-bond acceptors (Lipinski definition) is 6. The Morgan fingerprint density at radius 1 is 1.10 bits per heavy atom.